The maximum absolute atomic E-state index is 6.11. The van der Waals surface area contributed by atoms with Crippen LogP contribution in [0.5, 0.6) is 5.75 Å². The normalized spacial score (nSPS) is 11.7. The van der Waals surface area contributed by atoms with Crippen molar-refractivity contribution in [2.75, 3.05) is 19.5 Å². The van der Waals surface area contributed by atoms with Gasteiger partial charge in [0.1, 0.15) is 5.75 Å². The molecule has 1 aromatic carbocycles. The van der Waals surface area contributed by atoms with Gasteiger partial charge in [-0.05, 0) is 38.1 Å². The van der Waals surface area contributed by atoms with Gasteiger partial charge in [-0.3, -0.25) is 4.98 Å². The van der Waals surface area contributed by atoms with Crippen LogP contribution < -0.4 is 10.5 Å². The predicted octanol–water partition coefficient (Wildman–Crippen LogP) is 3.01. The number of nitrogens with zero attached hydrogens (tertiary/aromatic N) is 1. The van der Waals surface area contributed by atoms with Crippen LogP contribution in [-0.4, -0.2) is 24.3 Å². The third kappa shape index (κ3) is 3.15. The van der Waals surface area contributed by atoms with Gasteiger partial charge < -0.3 is 15.2 Å². The van der Waals surface area contributed by atoms with Gasteiger partial charge in [0.15, 0.2) is 0 Å². The van der Waals surface area contributed by atoms with Crippen LogP contribution in [-0.2, 0) is 4.74 Å². The third-order valence-electron chi connectivity index (χ3n) is 3.30. The van der Waals surface area contributed by atoms with Crippen molar-refractivity contribution in [3.05, 3.63) is 30.5 Å². The average Bonchev–Trinajstić information content (AvgIpc) is 2.42. The monoisotopic (exact) mass is 260 g/mol. The van der Waals surface area contributed by atoms with E-state index in [9.17, 15) is 0 Å². The second-order valence-electron chi connectivity index (χ2n) is 5.11. The van der Waals surface area contributed by atoms with E-state index in [1.165, 1.54) is 0 Å². The van der Waals surface area contributed by atoms with Gasteiger partial charge in [-0.25, -0.2) is 0 Å². The summed E-state index contributed by atoms with van der Waals surface area (Å²) in [6, 6.07) is 7.60. The number of rotatable bonds is 5. The molecule has 2 N–H and O–H groups in total. The highest BCUT2D eigenvalue weighted by molar-refractivity contribution is 5.93. The lowest BCUT2D eigenvalue weighted by Gasteiger charge is -2.23. The molecule has 19 heavy (non-hydrogen) atoms. The first-order valence-corrected chi connectivity index (χ1v) is 6.35. The topological polar surface area (TPSA) is 57.4 Å². The zero-order chi connectivity index (χ0) is 13.9. The number of methoxy groups -OCH3 is 1. The van der Waals surface area contributed by atoms with E-state index >= 15 is 0 Å². The maximum atomic E-state index is 6.11. The van der Waals surface area contributed by atoms with Crippen molar-refractivity contribution in [2.45, 2.75) is 25.9 Å². The summed E-state index contributed by atoms with van der Waals surface area (Å²) in [7, 11) is 1.70. The van der Waals surface area contributed by atoms with Crippen LogP contribution in [0.3, 0.4) is 0 Å². The molecule has 0 amide bonds. The van der Waals surface area contributed by atoms with Crippen molar-refractivity contribution in [1.82, 2.24) is 4.98 Å². The average molecular weight is 260 g/mol. The van der Waals surface area contributed by atoms with Gasteiger partial charge in [0.25, 0.3) is 0 Å². The molecule has 0 atom stereocenters. The van der Waals surface area contributed by atoms with Gasteiger partial charge in [-0.2, -0.15) is 0 Å². The summed E-state index contributed by atoms with van der Waals surface area (Å²) >= 11 is 0. The Balaban J connectivity index is 2.11. The van der Waals surface area contributed by atoms with E-state index in [1.807, 2.05) is 38.1 Å². The van der Waals surface area contributed by atoms with E-state index in [-0.39, 0.29) is 5.60 Å². The molecule has 1 heterocycles. The molecular weight excluding hydrogens is 240 g/mol. The van der Waals surface area contributed by atoms with Crippen LogP contribution in [0.1, 0.15) is 20.3 Å². The van der Waals surface area contributed by atoms with Crippen molar-refractivity contribution >= 4 is 16.6 Å². The third-order valence-corrected chi connectivity index (χ3v) is 3.30. The predicted molar refractivity (Wildman–Crippen MR) is 77.4 cm³/mol. The van der Waals surface area contributed by atoms with Crippen molar-refractivity contribution in [3.8, 4) is 5.75 Å². The SMILES string of the molecule is COC(C)(C)CCOc1ccc2ncccc2c1N. The summed E-state index contributed by atoms with van der Waals surface area (Å²) < 4.78 is 11.1. The van der Waals surface area contributed by atoms with Gasteiger partial charge in [0, 0.05) is 25.1 Å². The van der Waals surface area contributed by atoms with E-state index in [1.54, 1.807) is 13.3 Å². The van der Waals surface area contributed by atoms with Crippen molar-refractivity contribution in [3.63, 3.8) is 0 Å². The highest BCUT2D eigenvalue weighted by Crippen LogP contribution is 2.29. The molecule has 2 aromatic rings. The summed E-state index contributed by atoms with van der Waals surface area (Å²) in [5, 5.41) is 0.922. The van der Waals surface area contributed by atoms with Gasteiger partial charge in [0.2, 0.25) is 0 Å². The largest absolute Gasteiger partial charge is 0.491 e. The lowest BCUT2D eigenvalue weighted by Crippen LogP contribution is -2.25. The van der Waals surface area contributed by atoms with Crippen LogP contribution in [0, 0.1) is 0 Å². The molecule has 0 unspecified atom stereocenters. The van der Waals surface area contributed by atoms with E-state index in [2.05, 4.69) is 4.98 Å². The molecule has 4 nitrogen and oxygen atoms in total. The van der Waals surface area contributed by atoms with Crippen LogP contribution in [0.15, 0.2) is 30.5 Å². The molecule has 0 saturated carbocycles. The zero-order valence-corrected chi connectivity index (χ0v) is 11.6. The molecule has 102 valence electrons. The summed E-state index contributed by atoms with van der Waals surface area (Å²) in [5.74, 6) is 0.701. The molecule has 0 saturated heterocycles. The number of nitrogens with two attached hydrogens (primary N) is 1. The molecule has 2 rings (SSSR count). The van der Waals surface area contributed by atoms with E-state index < -0.39 is 0 Å². The summed E-state index contributed by atoms with van der Waals surface area (Å²) in [6.45, 7) is 4.63. The first-order chi connectivity index (χ1) is 9.03. The number of anilines is 1. The van der Waals surface area contributed by atoms with E-state index in [4.69, 9.17) is 15.2 Å². The Kier molecular flexibility index (Phi) is 3.90. The molecular formula is C15H20N2O2. The Bertz CT molecular complexity index is 567. The van der Waals surface area contributed by atoms with Crippen molar-refractivity contribution in [2.24, 2.45) is 0 Å². The second-order valence-corrected chi connectivity index (χ2v) is 5.11. The molecule has 0 aliphatic rings. The summed E-state index contributed by atoms with van der Waals surface area (Å²) in [6.07, 6.45) is 2.55. The van der Waals surface area contributed by atoms with Crippen molar-refractivity contribution < 1.29 is 9.47 Å². The molecule has 0 fully saturated rings. The number of pyridine rings is 1. The smallest absolute Gasteiger partial charge is 0.142 e. The lowest BCUT2D eigenvalue weighted by molar-refractivity contribution is 0.00552. The van der Waals surface area contributed by atoms with Crippen LogP contribution in [0.4, 0.5) is 5.69 Å². The number of benzene rings is 1. The maximum Gasteiger partial charge on any atom is 0.142 e. The Morgan fingerprint density at radius 2 is 2.05 bits per heavy atom. The number of aromatic nitrogens is 1. The molecule has 0 spiro atoms. The number of ether oxygens (including phenoxy) is 2. The first kappa shape index (κ1) is 13.6. The molecule has 0 bridgehead atoms. The Morgan fingerprint density at radius 1 is 1.26 bits per heavy atom. The Hall–Kier alpha value is -1.81. The minimum atomic E-state index is -0.187. The molecule has 0 aliphatic heterocycles. The number of fused-ring (bicyclic) bond motifs is 1. The fourth-order valence-electron chi connectivity index (χ4n) is 1.79. The zero-order valence-electron chi connectivity index (χ0n) is 11.6. The van der Waals surface area contributed by atoms with E-state index in [0.717, 1.165) is 17.3 Å². The molecule has 4 heteroatoms. The Morgan fingerprint density at radius 3 is 2.79 bits per heavy atom. The molecule has 1 aromatic heterocycles. The number of nitrogen functional groups attached to an aromatic ring is 1. The van der Waals surface area contributed by atoms with E-state index in [0.29, 0.717) is 18.0 Å². The summed E-state index contributed by atoms with van der Waals surface area (Å²) in [4.78, 5) is 4.26. The minimum Gasteiger partial charge on any atom is -0.491 e. The van der Waals surface area contributed by atoms with Gasteiger partial charge in [0.05, 0.1) is 23.4 Å². The highest BCUT2D eigenvalue weighted by atomic mass is 16.5. The lowest BCUT2D eigenvalue weighted by atomic mass is 10.1. The standard InChI is InChI=1S/C15H20N2O2/c1-15(2,18-3)8-10-19-13-7-6-12-11(14(13)16)5-4-9-17-12/h4-7,9H,8,10,16H2,1-3H3. The van der Waals surface area contributed by atoms with Crippen LogP contribution >= 0.6 is 0 Å². The quantitative estimate of drug-likeness (QED) is 0.840. The Labute approximate surface area is 113 Å². The molecule has 0 aliphatic carbocycles. The first-order valence-electron chi connectivity index (χ1n) is 6.35. The molecule has 0 radical (unpaired) electrons. The second kappa shape index (κ2) is 5.45. The van der Waals surface area contributed by atoms with Gasteiger partial charge >= 0.3 is 0 Å². The summed E-state index contributed by atoms with van der Waals surface area (Å²) in [5.41, 5.74) is 7.44. The number of hydrogen-bond donors (Lipinski definition) is 1. The highest BCUT2D eigenvalue weighted by Gasteiger charge is 2.16. The van der Waals surface area contributed by atoms with Gasteiger partial charge in [-0.1, -0.05) is 0 Å². The fraction of sp³-hybridized carbons (Fsp3) is 0.400. The minimum absolute atomic E-state index is 0.187. The number of hydrogen-bond acceptors (Lipinski definition) is 4. The fourth-order valence-corrected chi connectivity index (χ4v) is 1.79. The van der Waals surface area contributed by atoms with Crippen LogP contribution in [0.2, 0.25) is 0 Å². The van der Waals surface area contributed by atoms with Gasteiger partial charge in [-0.15, -0.1) is 0 Å². The van der Waals surface area contributed by atoms with Crippen LogP contribution in [0.25, 0.3) is 10.9 Å². The van der Waals surface area contributed by atoms with Crippen molar-refractivity contribution in [1.29, 1.82) is 0 Å².